The normalized spacial score (nSPS) is 11.8. The number of nitrogens with zero attached hydrogens (tertiary/aromatic N) is 1. The van der Waals surface area contributed by atoms with Gasteiger partial charge in [0.05, 0.1) is 0 Å². The first-order chi connectivity index (χ1) is 26.3. The minimum Gasteiger partial charge on any atom is -0.264 e. The maximum atomic E-state index is 4.49. The fraction of sp³-hybridized carbons (Fsp3) is 0. The van der Waals surface area contributed by atoms with Crippen molar-refractivity contribution in [1.82, 2.24) is 4.98 Å². The molecule has 0 unspecified atom stereocenters. The first kappa shape index (κ1) is 30.1. The van der Waals surface area contributed by atoms with Crippen LogP contribution in [0, 0.1) is 0 Å². The molecule has 246 valence electrons. The Hall–Kier alpha value is -6.61. The van der Waals surface area contributed by atoms with Crippen LogP contribution in [0.5, 0.6) is 0 Å². The fourth-order valence-corrected chi connectivity index (χ4v) is 9.95. The fourth-order valence-electron chi connectivity index (χ4n) is 8.75. The van der Waals surface area contributed by atoms with E-state index in [1.54, 1.807) is 0 Å². The standard InChI is InChI=1S/C51H31NS/c1-2-14-32(15-3-1)47-39-21-8-10-23-41(39)50(42-24-11-9-22-40(42)47)44-26-12-25-43-45-30-33(27-28-46(45)53-51(43)44)48-35-17-4-6-19-37(35)49(34-16-13-29-52-31-34)38-20-7-5-18-36(38)48/h1-31H. The summed E-state index contributed by atoms with van der Waals surface area (Å²) in [7, 11) is 0. The summed E-state index contributed by atoms with van der Waals surface area (Å²) in [6.07, 6.45) is 3.83. The first-order valence-corrected chi connectivity index (χ1v) is 18.9. The van der Waals surface area contributed by atoms with Crippen molar-refractivity contribution in [3.63, 3.8) is 0 Å². The van der Waals surface area contributed by atoms with Crippen LogP contribution in [0.25, 0.3) is 108 Å². The largest absolute Gasteiger partial charge is 0.264 e. The summed E-state index contributed by atoms with van der Waals surface area (Å²) in [6, 6.07) is 64.6. The van der Waals surface area contributed by atoms with Gasteiger partial charge >= 0.3 is 0 Å². The third-order valence-corrected chi connectivity index (χ3v) is 12.2. The number of pyridine rings is 1. The van der Waals surface area contributed by atoms with Crippen molar-refractivity contribution in [2.45, 2.75) is 0 Å². The molecule has 0 aliphatic carbocycles. The number of rotatable bonds is 4. The minimum atomic E-state index is 1.13. The van der Waals surface area contributed by atoms with Crippen LogP contribution < -0.4 is 0 Å². The molecule has 1 nitrogen and oxygen atoms in total. The molecule has 0 N–H and O–H groups in total. The highest BCUT2D eigenvalue weighted by molar-refractivity contribution is 7.26. The molecule has 0 radical (unpaired) electrons. The second kappa shape index (κ2) is 12.0. The summed E-state index contributed by atoms with van der Waals surface area (Å²) in [6.45, 7) is 0. The predicted molar refractivity (Wildman–Crippen MR) is 229 cm³/mol. The lowest BCUT2D eigenvalue weighted by atomic mass is 9.85. The van der Waals surface area contributed by atoms with Crippen LogP contribution in [0.3, 0.4) is 0 Å². The average molecular weight is 690 g/mol. The van der Waals surface area contributed by atoms with Gasteiger partial charge in [0.1, 0.15) is 0 Å². The maximum absolute atomic E-state index is 4.49. The Labute approximate surface area is 311 Å². The second-order valence-electron chi connectivity index (χ2n) is 13.8. The van der Waals surface area contributed by atoms with E-state index in [0.717, 1.165) is 5.56 Å². The van der Waals surface area contributed by atoms with E-state index in [1.807, 2.05) is 29.8 Å². The van der Waals surface area contributed by atoms with E-state index in [4.69, 9.17) is 0 Å². The molecular weight excluding hydrogens is 659 g/mol. The molecule has 0 atom stereocenters. The molecule has 0 spiro atoms. The molecule has 0 fully saturated rings. The van der Waals surface area contributed by atoms with Crippen molar-refractivity contribution in [2.24, 2.45) is 0 Å². The van der Waals surface area contributed by atoms with Gasteiger partial charge in [0.15, 0.2) is 0 Å². The van der Waals surface area contributed by atoms with E-state index in [0.29, 0.717) is 0 Å². The van der Waals surface area contributed by atoms with Gasteiger partial charge in [0.2, 0.25) is 0 Å². The van der Waals surface area contributed by atoms with Gasteiger partial charge in [-0.3, -0.25) is 4.98 Å². The maximum Gasteiger partial charge on any atom is 0.0434 e. The number of hydrogen-bond acceptors (Lipinski definition) is 2. The van der Waals surface area contributed by atoms with E-state index < -0.39 is 0 Å². The summed E-state index contributed by atoms with van der Waals surface area (Å²) < 4.78 is 2.62. The zero-order valence-electron chi connectivity index (χ0n) is 28.8. The molecule has 0 saturated heterocycles. The van der Waals surface area contributed by atoms with Crippen molar-refractivity contribution in [2.75, 3.05) is 0 Å². The van der Waals surface area contributed by atoms with Crippen molar-refractivity contribution in [1.29, 1.82) is 0 Å². The number of thiophene rings is 1. The predicted octanol–water partition coefficient (Wildman–Crippen LogP) is 14.7. The summed E-state index contributed by atoms with van der Waals surface area (Å²) in [5.74, 6) is 0. The van der Waals surface area contributed by atoms with Crippen molar-refractivity contribution in [3.05, 3.63) is 188 Å². The van der Waals surface area contributed by atoms with Crippen LogP contribution in [0.4, 0.5) is 0 Å². The van der Waals surface area contributed by atoms with Crippen LogP contribution in [0.15, 0.2) is 188 Å². The Morgan fingerprint density at radius 2 is 0.792 bits per heavy atom. The zero-order chi connectivity index (χ0) is 34.9. The topological polar surface area (TPSA) is 12.9 Å². The van der Waals surface area contributed by atoms with Crippen LogP contribution in [0.1, 0.15) is 0 Å². The lowest BCUT2D eigenvalue weighted by Crippen LogP contribution is -1.91. The summed E-state index contributed by atoms with van der Waals surface area (Å²) in [4.78, 5) is 4.49. The van der Waals surface area contributed by atoms with Crippen LogP contribution in [0.2, 0.25) is 0 Å². The van der Waals surface area contributed by atoms with Crippen LogP contribution in [-0.4, -0.2) is 4.98 Å². The Kier molecular flexibility index (Phi) is 6.80. The highest BCUT2D eigenvalue weighted by atomic mass is 32.1. The molecule has 9 aromatic carbocycles. The van der Waals surface area contributed by atoms with E-state index in [2.05, 4.69) is 175 Å². The van der Waals surface area contributed by atoms with Gasteiger partial charge in [-0.2, -0.15) is 0 Å². The van der Waals surface area contributed by atoms with Gasteiger partial charge in [0, 0.05) is 43.7 Å². The summed E-state index contributed by atoms with van der Waals surface area (Å²) >= 11 is 1.90. The molecule has 11 aromatic rings. The van der Waals surface area contributed by atoms with Crippen molar-refractivity contribution >= 4 is 74.6 Å². The van der Waals surface area contributed by atoms with Crippen molar-refractivity contribution < 1.29 is 0 Å². The highest BCUT2D eigenvalue weighted by Crippen LogP contribution is 2.49. The number of fused-ring (bicyclic) bond motifs is 7. The summed E-state index contributed by atoms with van der Waals surface area (Å²) in [5, 5.41) is 12.7. The molecule has 0 amide bonds. The van der Waals surface area contributed by atoms with Gasteiger partial charge in [-0.25, -0.2) is 0 Å². The number of benzene rings is 9. The zero-order valence-corrected chi connectivity index (χ0v) is 29.6. The molecule has 2 heteroatoms. The Balaban J connectivity index is 1.18. The lowest BCUT2D eigenvalue weighted by molar-refractivity contribution is 1.33. The van der Waals surface area contributed by atoms with Crippen molar-refractivity contribution in [3.8, 4) is 44.5 Å². The van der Waals surface area contributed by atoms with Gasteiger partial charge in [-0.15, -0.1) is 11.3 Å². The third-order valence-electron chi connectivity index (χ3n) is 10.9. The smallest absolute Gasteiger partial charge is 0.0434 e. The molecule has 0 aliphatic heterocycles. The Morgan fingerprint density at radius 3 is 1.34 bits per heavy atom. The quantitative estimate of drug-likeness (QED) is 0.168. The Morgan fingerprint density at radius 1 is 0.321 bits per heavy atom. The average Bonchev–Trinajstić information content (AvgIpc) is 3.61. The lowest BCUT2D eigenvalue weighted by Gasteiger charge is -2.18. The molecule has 11 rings (SSSR count). The molecule has 0 saturated carbocycles. The van der Waals surface area contributed by atoms with Gasteiger partial charge < -0.3 is 0 Å². The second-order valence-corrected chi connectivity index (χ2v) is 14.8. The molecule has 53 heavy (non-hydrogen) atoms. The highest BCUT2D eigenvalue weighted by Gasteiger charge is 2.21. The third kappa shape index (κ3) is 4.59. The van der Waals surface area contributed by atoms with Gasteiger partial charge in [-0.05, 0) is 94.7 Å². The van der Waals surface area contributed by atoms with E-state index >= 15 is 0 Å². The molecule has 2 aromatic heterocycles. The van der Waals surface area contributed by atoms with Crippen LogP contribution in [-0.2, 0) is 0 Å². The molecule has 2 heterocycles. The SMILES string of the molecule is c1ccc(-c2c3ccccc3c(-c3cccc4c3sc3ccc(-c5c6ccccc6c(-c6cccnc6)c6ccccc56)cc34)c3ccccc23)cc1. The van der Waals surface area contributed by atoms with Gasteiger partial charge in [0.25, 0.3) is 0 Å². The number of aromatic nitrogens is 1. The molecular formula is C51H31NS. The van der Waals surface area contributed by atoms with E-state index in [9.17, 15) is 0 Å². The Bertz CT molecular complexity index is 3100. The van der Waals surface area contributed by atoms with Crippen LogP contribution >= 0.6 is 11.3 Å². The van der Waals surface area contributed by atoms with Gasteiger partial charge in [-0.1, -0.05) is 158 Å². The molecule has 0 bridgehead atoms. The van der Waals surface area contributed by atoms with E-state index in [-0.39, 0.29) is 0 Å². The minimum absolute atomic E-state index is 1.13. The summed E-state index contributed by atoms with van der Waals surface area (Å²) in [5.41, 5.74) is 10.00. The number of hydrogen-bond donors (Lipinski definition) is 0. The van der Waals surface area contributed by atoms with E-state index in [1.165, 1.54) is 102 Å². The molecule has 0 aliphatic rings. The monoisotopic (exact) mass is 689 g/mol. The first-order valence-electron chi connectivity index (χ1n) is 18.1.